The molecule has 2 atom stereocenters. The number of hydrogen-bond acceptors (Lipinski definition) is 3. The van der Waals surface area contributed by atoms with Crippen LogP contribution in [0.3, 0.4) is 0 Å². The van der Waals surface area contributed by atoms with Crippen molar-refractivity contribution >= 4 is 0 Å². The highest BCUT2D eigenvalue weighted by Crippen LogP contribution is 2.26. The van der Waals surface area contributed by atoms with Crippen molar-refractivity contribution in [2.45, 2.75) is 44.4 Å². The highest BCUT2D eigenvalue weighted by molar-refractivity contribution is 5.19. The van der Waals surface area contributed by atoms with Gasteiger partial charge in [0.1, 0.15) is 0 Å². The summed E-state index contributed by atoms with van der Waals surface area (Å²) in [5, 5.41) is 3.72. The summed E-state index contributed by atoms with van der Waals surface area (Å²) in [6, 6.07) is 11.3. The molecule has 0 aromatic heterocycles. The molecule has 0 saturated carbocycles. The lowest BCUT2D eigenvalue weighted by Gasteiger charge is -2.37. The average molecular weight is 263 g/mol. The molecule has 2 unspecified atom stereocenters. The first-order valence-corrected chi connectivity index (χ1v) is 7.04. The maximum Gasteiger partial charge on any atom is 0.0657 e. The lowest BCUT2D eigenvalue weighted by Crippen LogP contribution is -2.45. The third kappa shape index (κ3) is 4.30. The highest BCUT2D eigenvalue weighted by atomic mass is 16.5. The van der Waals surface area contributed by atoms with Gasteiger partial charge in [-0.1, -0.05) is 30.3 Å². The molecule has 19 heavy (non-hydrogen) atoms. The third-order valence-corrected chi connectivity index (χ3v) is 3.67. The van der Waals surface area contributed by atoms with E-state index in [4.69, 9.17) is 9.47 Å². The van der Waals surface area contributed by atoms with E-state index in [9.17, 15) is 0 Å². The predicted molar refractivity (Wildman–Crippen MR) is 77.2 cm³/mol. The van der Waals surface area contributed by atoms with Crippen LogP contribution in [0.2, 0.25) is 0 Å². The van der Waals surface area contributed by atoms with E-state index in [2.05, 4.69) is 43.4 Å². The van der Waals surface area contributed by atoms with Crippen LogP contribution in [0.15, 0.2) is 30.3 Å². The van der Waals surface area contributed by atoms with Gasteiger partial charge in [-0.25, -0.2) is 0 Å². The van der Waals surface area contributed by atoms with Gasteiger partial charge in [0.25, 0.3) is 0 Å². The van der Waals surface area contributed by atoms with Crippen LogP contribution >= 0.6 is 0 Å². The first-order chi connectivity index (χ1) is 9.11. The van der Waals surface area contributed by atoms with Gasteiger partial charge in [0, 0.05) is 19.8 Å². The van der Waals surface area contributed by atoms with E-state index in [0.717, 1.165) is 19.4 Å². The number of rotatable bonds is 5. The Morgan fingerprint density at radius 3 is 2.74 bits per heavy atom. The van der Waals surface area contributed by atoms with Crippen molar-refractivity contribution < 1.29 is 9.47 Å². The molecule has 1 N–H and O–H groups in total. The van der Waals surface area contributed by atoms with Gasteiger partial charge in [0.2, 0.25) is 0 Å². The predicted octanol–water partition coefficient (Wildman–Crippen LogP) is 2.92. The Bertz CT molecular complexity index is 378. The van der Waals surface area contributed by atoms with Gasteiger partial charge in [-0.3, -0.25) is 0 Å². The second kappa shape index (κ2) is 6.51. The molecule has 1 aromatic rings. The molecule has 1 aliphatic rings. The fraction of sp³-hybridized carbons (Fsp3) is 0.625. The van der Waals surface area contributed by atoms with Crippen LogP contribution in [0.4, 0.5) is 0 Å². The van der Waals surface area contributed by atoms with Crippen molar-refractivity contribution in [3.8, 4) is 0 Å². The number of benzene rings is 1. The Kier molecular flexibility index (Phi) is 4.97. The second-order valence-corrected chi connectivity index (χ2v) is 5.88. The molecule has 0 spiro atoms. The number of hydrogen-bond donors (Lipinski definition) is 1. The minimum atomic E-state index is -0.0236. The van der Waals surface area contributed by atoms with Crippen molar-refractivity contribution in [2.75, 3.05) is 20.3 Å². The smallest absolute Gasteiger partial charge is 0.0657 e. The van der Waals surface area contributed by atoms with Crippen molar-refractivity contribution in [1.82, 2.24) is 5.32 Å². The molecule has 1 saturated heterocycles. The third-order valence-electron chi connectivity index (χ3n) is 3.67. The molecule has 0 radical (unpaired) electrons. The first kappa shape index (κ1) is 14.5. The van der Waals surface area contributed by atoms with E-state index in [1.165, 1.54) is 5.56 Å². The van der Waals surface area contributed by atoms with Crippen molar-refractivity contribution in [3.63, 3.8) is 0 Å². The Morgan fingerprint density at radius 2 is 2.11 bits per heavy atom. The van der Waals surface area contributed by atoms with Gasteiger partial charge in [0.15, 0.2) is 0 Å². The van der Waals surface area contributed by atoms with Crippen LogP contribution in [0.5, 0.6) is 0 Å². The van der Waals surface area contributed by atoms with E-state index >= 15 is 0 Å². The van der Waals surface area contributed by atoms with Crippen LogP contribution in [-0.2, 0) is 9.47 Å². The average Bonchev–Trinajstić information content (AvgIpc) is 2.38. The molecule has 106 valence electrons. The maximum atomic E-state index is 5.77. The molecular weight excluding hydrogens is 238 g/mol. The Morgan fingerprint density at radius 1 is 1.37 bits per heavy atom. The van der Waals surface area contributed by atoms with Crippen molar-refractivity contribution in [1.29, 1.82) is 0 Å². The molecule has 1 aromatic carbocycles. The Balaban J connectivity index is 2.01. The Hall–Kier alpha value is -0.900. The van der Waals surface area contributed by atoms with E-state index in [0.29, 0.717) is 12.6 Å². The lowest BCUT2D eigenvalue weighted by atomic mass is 9.93. The zero-order valence-corrected chi connectivity index (χ0v) is 12.2. The van der Waals surface area contributed by atoms with Crippen LogP contribution < -0.4 is 5.32 Å². The molecule has 1 aliphatic heterocycles. The van der Waals surface area contributed by atoms with Crippen LogP contribution in [-0.4, -0.2) is 32.0 Å². The summed E-state index contributed by atoms with van der Waals surface area (Å²) in [6.45, 7) is 5.85. The van der Waals surface area contributed by atoms with Gasteiger partial charge in [-0.15, -0.1) is 0 Å². The van der Waals surface area contributed by atoms with Gasteiger partial charge < -0.3 is 14.8 Å². The summed E-state index contributed by atoms with van der Waals surface area (Å²) in [4.78, 5) is 0. The summed E-state index contributed by atoms with van der Waals surface area (Å²) in [6.07, 6.45) is 2.11. The van der Waals surface area contributed by atoms with Crippen LogP contribution in [0.25, 0.3) is 0 Å². The monoisotopic (exact) mass is 263 g/mol. The van der Waals surface area contributed by atoms with Crippen molar-refractivity contribution in [3.05, 3.63) is 35.9 Å². The maximum absolute atomic E-state index is 5.77. The van der Waals surface area contributed by atoms with Gasteiger partial charge in [0.05, 0.1) is 18.2 Å². The molecule has 3 nitrogen and oxygen atoms in total. The van der Waals surface area contributed by atoms with E-state index in [-0.39, 0.29) is 11.6 Å². The minimum Gasteiger partial charge on any atom is -0.383 e. The van der Waals surface area contributed by atoms with E-state index in [1.54, 1.807) is 7.11 Å². The van der Waals surface area contributed by atoms with E-state index in [1.807, 2.05) is 6.07 Å². The zero-order chi connectivity index (χ0) is 13.7. The standard InChI is InChI=1S/C16H25NO2/c1-16(2)11-14(9-10-19-16)17-15(12-18-3)13-7-5-4-6-8-13/h4-8,14-15,17H,9-12H2,1-3H3. The largest absolute Gasteiger partial charge is 0.383 e. The molecule has 0 bridgehead atoms. The minimum absolute atomic E-state index is 0.0236. The summed E-state index contributed by atoms with van der Waals surface area (Å²) < 4.78 is 11.1. The quantitative estimate of drug-likeness (QED) is 0.886. The highest BCUT2D eigenvalue weighted by Gasteiger charge is 2.30. The fourth-order valence-electron chi connectivity index (χ4n) is 2.75. The first-order valence-electron chi connectivity index (χ1n) is 7.04. The summed E-state index contributed by atoms with van der Waals surface area (Å²) in [5.41, 5.74) is 1.26. The molecular formula is C16H25NO2. The fourth-order valence-corrected chi connectivity index (χ4v) is 2.75. The Labute approximate surface area is 116 Å². The second-order valence-electron chi connectivity index (χ2n) is 5.88. The SMILES string of the molecule is COCC(NC1CCOC(C)(C)C1)c1ccccc1. The molecule has 1 heterocycles. The summed E-state index contributed by atoms with van der Waals surface area (Å²) >= 11 is 0. The van der Waals surface area contributed by atoms with Gasteiger partial charge in [-0.2, -0.15) is 0 Å². The molecule has 2 rings (SSSR count). The number of nitrogens with one attached hydrogen (secondary N) is 1. The molecule has 3 heteroatoms. The van der Waals surface area contributed by atoms with Gasteiger partial charge >= 0.3 is 0 Å². The summed E-state index contributed by atoms with van der Waals surface area (Å²) in [7, 11) is 1.76. The topological polar surface area (TPSA) is 30.5 Å². The molecule has 0 amide bonds. The number of methoxy groups -OCH3 is 1. The van der Waals surface area contributed by atoms with Gasteiger partial charge in [-0.05, 0) is 32.3 Å². The normalized spacial score (nSPS) is 24.1. The zero-order valence-electron chi connectivity index (χ0n) is 12.2. The molecule has 0 aliphatic carbocycles. The van der Waals surface area contributed by atoms with Crippen LogP contribution in [0, 0.1) is 0 Å². The number of ether oxygens (including phenoxy) is 2. The van der Waals surface area contributed by atoms with Crippen LogP contribution in [0.1, 0.15) is 38.3 Å². The summed E-state index contributed by atoms with van der Waals surface area (Å²) in [5.74, 6) is 0. The van der Waals surface area contributed by atoms with Crippen molar-refractivity contribution in [2.24, 2.45) is 0 Å². The molecule has 1 fully saturated rings. The van der Waals surface area contributed by atoms with E-state index < -0.39 is 0 Å². The lowest BCUT2D eigenvalue weighted by molar-refractivity contribution is -0.0652.